The maximum absolute atomic E-state index is 5.12. The number of rotatable bonds is 0. The molecule has 0 fully saturated rings. The number of benzene rings is 1. The average Bonchev–Trinajstić information content (AvgIpc) is 2.17. The van der Waals surface area contributed by atoms with E-state index in [1.54, 1.807) is 24.5 Å². The Hall–Kier alpha value is -1.95. The topological polar surface area (TPSA) is 30.1 Å². The summed E-state index contributed by atoms with van der Waals surface area (Å²) in [6.45, 7) is 5.12. The van der Waals surface area contributed by atoms with Gasteiger partial charge >= 0.3 is 5.69 Å². The summed E-state index contributed by atoms with van der Waals surface area (Å²) >= 11 is 0. The van der Waals surface area contributed by atoms with Crippen LogP contribution in [0.2, 0.25) is 0 Å². The lowest BCUT2D eigenvalue weighted by Crippen LogP contribution is -1.79. The molecule has 3 nitrogen and oxygen atoms in total. The molecule has 2 aromatic rings. The molecule has 0 atom stereocenters. The van der Waals surface area contributed by atoms with E-state index < -0.39 is 0 Å². The minimum Gasteiger partial charge on any atom is -0.253 e. The molecule has 0 saturated heterocycles. The summed E-state index contributed by atoms with van der Waals surface area (Å²) in [5.74, 6) is 0. The number of nitrogens with zero attached hydrogens (tertiary/aromatic N) is 3. The highest BCUT2D eigenvalue weighted by Gasteiger charge is 2.02. The minimum absolute atomic E-state index is 0.711. The molecule has 1 heterocycles. The fourth-order valence-electron chi connectivity index (χ4n) is 1.03. The average molecular weight is 156 g/mol. The number of aromatic nitrogens is 2. The third kappa shape index (κ3) is 0.995. The fourth-order valence-corrected chi connectivity index (χ4v) is 1.03. The van der Waals surface area contributed by atoms with Crippen LogP contribution in [-0.2, 0) is 0 Å². The quantitative estimate of drug-likeness (QED) is 0.585. The van der Waals surface area contributed by atoms with Crippen molar-refractivity contribution in [3.05, 3.63) is 35.4 Å². The van der Waals surface area contributed by atoms with Crippen molar-refractivity contribution in [2.24, 2.45) is 0 Å². The summed E-state index contributed by atoms with van der Waals surface area (Å²) in [5, 5.41) is 0. The molecule has 0 aliphatic carbocycles. The highest BCUT2D eigenvalue weighted by molar-refractivity contribution is 5.78. The van der Waals surface area contributed by atoms with E-state index in [4.69, 9.17) is 6.57 Å². The number of hydrogen-bond donors (Lipinski definition) is 0. The van der Waals surface area contributed by atoms with Crippen LogP contribution in [0, 0.1) is 6.57 Å². The Bertz CT molecular complexity index is 457. The molecule has 1 aromatic heterocycles. The minimum atomic E-state index is 0.711. The molecular formula is C9H6N3+. The molecular weight excluding hydrogens is 150 g/mol. The van der Waals surface area contributed by atoms with Crippen molar-refractivity contribution in [3.8, 4) is 6.57 Å². The van der Waals surface area contributed by atoms with Gasteiger partial charge in [-0.2, -0.15) is 0 Å². The van der Waals surface area contributed by atoms with Gasteiger partial charge in [-0.25, -0.2) is 0 Å². The maximum Gasteiger partial charge on any atom is 0.342 e. The molecule has 0 saturated carbocycles. The Morgan fingerprint density at radius 3 is 2.58 bits per heavy atom. The van der Waals surface area contributed by atoms with E-state index >= 15 is 0 Å². The van der Waals surface area contributed by atoms with Gasteiger partial charge < -0.3 is 0 Å². The van der Waals surface area contributed by atoms with Gasteiger partial charge in [0.2, 0.25) is 0 Å². The lowest BCUT2D eigenvalue weighted by Gasteiger charge is -1.90. The number of hydrogen-bond acceptors (Lipinski definition) is 2. The van der Waals surface area contributed by atoms with Gasteiger partial charge in [0.05, 0.1) is 17.1 Å². The third-order valence-corrected chi connectivity index (χ3v) is 1.60. The number of fused-ring (bicyclic) bond motifs is 1. The molecule has 12 heavy (non-hydrogen) atoms. The first-order chi connectivity index (χ1) is 5.90. The maximum atomic E-state index is 5.12. The lowest BCUT2D eigenvalue weighted by atomic mass is 10.3. The van der Waals surface area contributed by atoms with Crippen molar-refractivity contribution in [3.63, 3.8) is 0 Å². The molecule has 0 bridgehead atoms. The Labute approximate surface area is 69.5 Å². The van der Waals surface area contributed by atoms with E-state index in [-0.39, 0.29) is 0 Å². The first kappa shape index (κ1) is 6.74. The van der Waals surface area contributed by atoms with Crippen LogP contribution in [-0.4, -0.2) is 9.97 Å². The molecule has 3 heteroatoms. The lowest BCUT2D eigenvalue weighted by molar-refractivity contribution is 1.30. The standard InChI is InChI=1S/C9H6N3/c1-10-7-2-3-8-9(6-7)12-5-4-11-8/h1-6H/q+1. The van der Waals surface area contributed by atoms with Gasteiger partial charge in [-0.3, -0.25) is 9.97 Å². The summed E-state index contributed by atoms with van der Waals surface area (Å²) < 4.78 is 0. The highest BCUT2D eigenvalue weighted by atomic mass is 14.8. The normalized spacial score (nSPS) is 9.58. The van der Waals surface area contributed by atoms with Gasteiger partial charge in [0.25, 0.3) is 6.57 Å². The second-order valence-electron chi connectivity index (χ2n) is 2.36. The van der Waals surface area contributed by atoms with Crippen molar-refractivity contribution >= 4 is 16.7 Å². The molecule has 1 aromatic carbocycles. The Morgan fingerprint density at radius 2 is 1.83 bits per heavy atom. The summed E-state index contributed by atoms with van der Waals surface area (Å²) in [4.78, 5) is 11.8. The second-order valence-corrected chi connectivity index (χ2v) is 2.36. The van der Waals surface area contributed by atoms with Gasteiger partial charge in [0, 0.05) is 18.5 Å². The van der Waals surface area contributed by atoms with Gasteiger partial charge in [0.1, 0.15) is 0 Å². The first-order valence-corrected chi connectivity index (χ1v) is 3.52. The Morgan fingerprint density at radius 1 is 1.08 bits per heavy atom. The fraction of sp³-hybridized carbons (Fsp3) is 0. The largest absolute Gasteiger partial charge is 0.342 e. The van der Waals surface area contributed by atoms with Crippen molar-refractivity contribution in [1.29, 1.82) is 0 Å². The molecule has 0 spiro atoms. The summed E-state index contributed by atoms with van der Waals surface area (Å²) in [5.41, 5.74) is 2.37. The second kappa shape index (κ2) is 2.59. The van der Waals surface area contributed by atoms with E-state index in [9.17, 15) is 0 Å². The van der Waals surface area contributed by atoms with Crippen molar-refractivity contribution in [2.45, 2.75) is 0 Å². The zero-order valence-electron chi connectivity index (χ0n) is 6.31. The molecule has 2 rings (SSSR count). The summed E-state index contributed by atoms with van der Waals surface area (Å²) in [6.07, 6.45) is 3.30. The van der Waals surface area contributed by atoms with Crippen LogP contribution in [0.3, 0.4) is 0 Å². The van der Waals surface area contributed by atoms with Gasteiger partial charge in [-0.1, -0.05) is 0 Å². The van der Waals surface area contributed by atoms with Crippen LogP contribution in [0.5, 0.6) is 0 Å². The van der Waals surface area contributed by atoms with Crippen molar-refractivity contribution in [2.75, 3.05) is 0 Å². The monoisotopic (exact) mass is 156 g/mol. The molecule has 0 radical (unpaired) electrons. The van der Waals surface area contributed by atoms with Crippen LogP contribution in [0.1, 0.15) is 0 Å². The van der Waals surface area contributed by atoms with E-state index in [2.05, 4.69) is 14.8 Å². The zero-order valence-corrected chi connectivity index (χ0v) is 6.31. The van der Waals surface area contributed by atoms with Crippen molar-refractivity contribution < 1.29 is 0 Å². The van der Waals surface area contributed by atoms with E-state index in [0.29, 0.717) is 5.69 Å². The molecule has 0 N–H and O–H groups in total. The molecule has 0 unspecified atom stereocenters. The van der Waals surface area contributed by atoms with Crippen LogP contribution >= 0.6 is 0 Å². The molecule has 0 aliphatic heterocycles. The third-order valence-electron chi connectivity index (χ3n) is 1.60. The van der Waals surface area contributed by atoms with Crippen LogP contribution in [0.4, 0.5) is 5.69 Å². The van der Waals surface area contributed by atoms with Crippen molar-refractivity contribution in [1.82, 2.24) is 9.97 Å². The van der Waals surface area contributed by atoms with Crippen LogP contribution in [0.25, 0.3) is 15.9 Å². The SMILES string of the molecule is C#[N+]c1ccc2nccnc2c1. The molecule has 0 aliphatic rings. The van der Waals surface area contributed by atoms with Crippen LogP contribution < -0.4 is 0 Å². The highest BCUT2D eigenvalue weighted by Crippen LogP contribution is 2.16. The summed E-state index contributed by atoms with van der Waals surface area (Å²) in [6, 6.07) is 5.44. The van der Waals surface area contributed by atoms with E-state index in [1.165, 1.54) is 0 Å². The van der Waals surface area contributed by atoms with Gasteiger partial charge in [-0.05, 0) is 10.9 Å². The van der Waals surface area contributed by atoms with Crippen LogP contribution in [0.15, 0.2) is 30.6 Å². The first-order valence-electron chi connectivity index (χ1n) is 3.52. The zero-order chi connectivity index (χ0) is 8.39. The van der Waals surface area contributed by atoms with E-state index in [1.807, 2.05) is 6.07 Å². The Kier molecular flexibility index (Phi) is 1.45. The van der Waals surface area contributed by atoms with Gasteiger partial charge in [-0.15, -0.1) is 0 Å². The Balaban J connectivity index is 2.78. The summed E-state index contributed by atoms with van der Waals surface area (Å²) in [7, 11) is 0. The molecule has 56 valence electrons. The smallest absolute Gasteiger partial charge is 0.253 e. The van der Waals surface area contributed by atoms with Gasteiger partial charge in [0.15, 0.2) is 0 Å². The predicted molar refractivity (Wildman–Crippen MR) is 47.5 cm³/mol. The molecule has 0 amide bonds. The van der Waals surface area contributed by atoms with E-state index in [0.717, 1.165) is 11.0 Å². The predicted octanol–water partition coefficient (Wildman–Crippen LogP) is 2.22.